The number of rotatable bonds is 4. The molecule has 2 nitrogen and oxygen atoms in total. The molecule has 0 aliphatic carbocycles. The number of nitrogens with one attached hydrogen (secondary N) is 1. The van der Waals surface area contributed by atoms with Crippen molar-refractivity contribution in [2.45, 2.75) is 0 Å². The molecule has 0 radical (unpaired) electrons. The van der Waals surface area contributed by atoms with Gasteiger partial charge in [-0.15, -0.1) is 0 Å². The zero-order valence-electron chi connectivity index (χ0n) is 7.00. The number of H-pyrrole nitrogens is 1. The predicted molar refractivity (Wildman–Crippen MR) is 52.4 cm³/mol. The molecule has 0 amide bonds. The van der Waals surface area contributed by atoms with Crippen LogP contribution in [0.5, 0.6) is 0 Å². The van der Waals surface area contributed by atoms with E-state index >= 15 is 0 Å². The standard InChI is InChI=1S/C8H14N2S/c1-10(6-7-11-2)8-4-3-5-9-8/h3-5,9H,6-7H2,1-2H3. The summed E-state index contributed by atoms with van der Waals surface area (Å²) in [6.45, 7) is 1.10. The monoisotopic (exact) mass is 170 g/mol. The first-order valence-corrected chi connectivity index (χ1v) is 5.07. The van der Waals surface area contributed by atoms with Crippen molar-refractivity contribution in [2.75, 3.05) is 30.5 Å². The lowest BCUT2D eigenvalue weighted by atomic mass is 10.5. The van der Waals surface area contributed by atoms with Crippen LogP contribution in [0.2, 0.25) is 0 Å². The molecule has 1 heterocycles. The minimum atomic E-state index is 1.10. The Kier molecular flexibility index (Phi) is 3.36. The topological polar surface area (TPSA) is 19.0 Å². The lowest BCUT2D eigenvalue weighted by Gasteiger charge is -2.15. The third-order valence-electron chi connectivity index (χ3n) is 1.62. The van der Waals surface area contributed by atoms with Crippen LogP contribution < -0.4 is 4.90 Å². The maximum atomic E-state index is 3.16. The van der Waals surface area contributed by atoms with E-state index in [2.05, 4.69) is 29.3 Å². The highest BCUT2D eigenvalue weighted by molar-refractivity contribution is 7.98. The van der Waals surface area contributed by atoms with Crippen LogP contribution in [0.3, 0.4) is 0 Å². The summed E-state index contributed by atoms with van der Waals surface area (Å²) in [5.74, 6) is 2.37. The lowest BCUT2D eigenvalue weighted by Crippen LogP contribution is -2.20. The molecule has 1 N–H and O–H groups in total. The highest BCUT2D eigenvalue weighted by atomic mass is 32.2. The van der Waals surface area contributed by atoms with E-state index < -0.39 is 0 Å². The average Bonchev–Trinajstić information content (AvgIpc) is 2.52. The van der Waals surface area contributed by atoms with Crippen LogP contribution >= 0.6 is 11.8 Å². The number of hydrogen-bond acceptors (Lipinski definition) is 2. The van der Waals surface area contributed by atoms with E-state index in [9.17, 15) is 0 Å². The van der Waals surface area contributed by atoms with Crippen LogP contribution in [0.4, 0.5) is 5.82 Å². The van der Waals surface area contributed by atoms with E-state index in [0.29, 0.717) is 0 Å². The van der Waals surface area contributed by atoms with Crippen LogP contribution in [-0.2, 0) is 0 Å². The van der Waals surface area contributed by atoms with E-state index in [4.69, 9.17) is 0 Å². The Bertz CT molecular complexity index is 184. The Morgan fingerprint density at radius 3 is 3.00 bits per heavy atom. The number of aromatic nitrogens is 1. The molecular weight excluding hydrogens is 156 g/mol. The Morgan fingerprint density at radius 1 is 1.64 bits per heavy atom. The highest BCUT2D eigenvalue weighted by Gasteiger charge is 1.98. The summed E-state index contributed by atoms with van der Waals surface area (Å²) < 4.78 is 0. The van der Waals surface area contributed by atoms with Crippen molar-refractivity contribution in [3.63, 3.8) is 0 Å². The SMILES string of the molecule is CSCCN(C)c1ccc[nH]1. The van der Waals surface area contributed by atoms with Gasteiger partial charge in [0.25, 0.3) is 0 Å². The van der Waals surface area contributed by atoms with Crippen LogP contribution in [0.15, 0.2) is 18.3 Å². The van der Waals surface area contributed by atoms with Crippen molar-refractivity contribution in [2.24, 2.45) is 0 Å². The van der Waals surface area contributed by atoms with Gasteiger partial charge in [-0.3, -0.25) is 0 Å². The Balaban J connectivity index is 2.36. The molecule has 1 rings (SSSR count). The number of nitrogens with zero attached hydrogens (tertiary/aromatic N) is 1. The van der Waals surface area contributed by atoms with Gasteiger partial charge in [-0.25, -0.2) is 0 Å². The molecule has 1 aromatic heterocycles. The van der Waals surface area contributed by atoms with Crippen molar-refractivity contribution in [1.82, 2.24) is 4.98 Å². The second-order valence-corrected chi connectivity index (χ2v) is 3.46. The summed E-state index contributed by atoms with van der Waals surface area (Å²) in [5.41, 5.74) is 0. The maximum absolute atomic E-state index is 3.16. The van der Waals surface area contributed by atoms with Crippen molar-refractivity contribution >= 4 is 17.6 Å². The van der Waals surface area contributed by atoms with Gasteiger partial charge < -0.3 is 9.88 Å². The van der Waals surface area contributed by atoms with Gasteiger partial charge in [0.15, 0.2) is 0 Å². The molecule has 0 bridgehead atoms. The lowest BCUT2D eigenvalue weighted by molar-refractivity contribution is 0.955. The Morgan fingerprint density at radius 2 is 2.45 bits per heavy atom. The molecule has 0 spiro atoms. The number of anilines is 1. The van der Waals surface area contributed by atoms with Crippen LogP contribution in [-0.4, -0.2) is 30.6 Å². The third kappa shape index (κ3) is 2.50. The first-order chi connectivity index (χ1) is 5.34. The van der Waals surface area contributed by atoms with Crippen molar-refractivity contribution < 1.29 is 0 Å². The van der Waals surface area contributed by atoms with Crippen LogP contribution in [0.1, 0.15) is 0 Å². The fourth-order valence-electron chi connectivity index (χ4n) is 0.907. The fourth-order valence-corrected chi connectivity index (χ4v) is 1.36. The maximum Gasteiger partial charge on any atom is 0.105 e. The molecule has 0 atom stereocenters. The normalized spacial score (nSPS) is 10.0. The highest BCUT2D eigenvalue weighted by Crippen LogP contribution is 2.07. The summed E-state index contributed by atoms with van der Waals surface area (Å²) in [5, 5.41) is 0. The molecular formula is C8H14N2S. The van der Waals surface area contributed by atoms with E-state index in [-0.39, 0.29) is 0 Å². The largest absolute Gasteiger partial charge is 0.360 e. The number of hydrogen-bond donors (Lipinski definition) is 1. The van der Waals surface area contributed by atoms with E-state index in [1.807, 2.05) is 24.0 Å². The molecule has 0 fully saturated rings. The zero-order valence-corrected chi connectivity index (χ0v) is 7.82. The first-order valence-electron chi connectivity index (χ1n) is 3.68. The molecule has 3 heteroatoms. The van der Waals surface area contributed by atoms with Crippen molar-refractivity contribution in [1.29, 1.82) is 0 Å². The molecule has 0 aromatic carbocycles. The first kappa shape index (κ1) is 8.53. The predicted octanol–water partition coefficient (Wildman–Crippen LogP) is 1.81. The zero-order chi connectivity index (χ0) is 8.10. The fraction of sp³-hybridized carbons (Fsp3) is 0.500. The summed E-state index contributed by atoms with van der Waals surface area (Å²) in [7, 11) is 2.10. The smallest absolute Gasteiger partial charge is 0.105 e. The number of thioether (sulfide) groups is 1. The average molecular weight is 170 g/mol. The Hall–Kier alpha value is -0.570. The van der Waals surface area contributed by atoms with Crippen molar-refractivity contribution in [3.8, 4) is 0 Å². The van der Waals surface area contributed by atoms with Crippen LogP contribution in [0, 0.1) is 0 Å². The van der Waals surface area contributed by atoms with Gasteiger partial charge >= 0.3 is 0 Å². The summed E-state index contributed by atoms with van der Waals surface area (Å²) in [6.07, 6.45) is 4.08. The summed E-state index contributed by atoms with van der Waals surface area (Å²) in [4.78, 5) is 5.38. The van der Waals surface area contributed by atoms with E-state index in [1.165, 1.54) is 11.6 Å². The summed E-state index contributed by atoms with van der Waals surface area (Å²) in [6, 6.07) is 4.10. The van der Waals surface area contributed by atoms with Crippen molar-refractivity contribution in [3.05, 3.63) is 18.3 Å². The number of aromatic amines is 1. The van der Waals surface area contributed by atoms with Gasteiger partial charge in [0.2, 0.25) is 0 Å². The minimum absolute atomic E-state index is 1.10. The van der Waals surface area contributed by atoms with Gasteiger partial charge in [0.1, 0.15) is 5.82 Å². The van der Waals surface area contributed by atoms with Gasteiger partial charge in [-0.05, 0) is 18.4 Å². The Labute approximate surface area is 72.0 Å². The second kappa shape index (κ2) is 4.34. The van der Waals surface area contributed by atoms with Gasteiger partial charge in [0, 0.05) is 25.5 Å². The van der Waals surface area contributed by atoms with Gasteiger partial charge in [-0.2, -0.15) is 11.8 Å². The molecule has 1 aromatic rings. The molecule has 0 aliphatic rings. The van der Waals surface area contributed by atoms with E-state index in [1.54, 1.807) is 0 Å². The molecule has 0 aliphatic heterocycles. The van der Waals surface area contributed by atoms with E-state index in [0.717, 1.165) is 6.54 Å². The second-order valence-electron chi connectivity index (χ2n) is 2.47. The molecule has 0 saturated heterocycles. The quantitative estimate of drug-likeness (QED) is 0.743. The molecule has 62 valence electrons. The molecule has 0 saturated carbocycles. The summed E-state index contributed by atoms with van der Waals surface area (Å²) >= 11 is 1.87. The molecule has 0 unspecified atom stereocenters. The van der Waals surface area contributed by atoms with Crippen LogP contribution in [0.25, 0.3) is 0 Å². The molecule has 11 heavy (non-hydrogen) atoms. The minimum Gasteiger partial charge on any atom is -0.360 e. The van der Waals surface area contributed by atoms with Gasteiger partial charge in [0.05, 0.1) is 0 Å². The third-order valence-corrected chi connectivity index (χ3v) is 2.21. The van der Waals surface area contributed by atoms with Gasteiger partial charge in [-0.1, -0.05) is 0 Å².